The van der Waals surface area contributed by atoms with Crippen LogP contribution in [0.15, 0.2) is 0 Å². The van der Waals surface area contributed by atoms with Crippen molar-refractivity contribution in [3.05, 3.63) is 0 Å². The van der Waals surface area contributed by atoms with Crippen molar-refractivity contribution in [3.8, 4) is 0 Å². The van der Waals surface area contributed by atoms with Gasteiger partial charge in [-0.3, -0.25) is 0 Å². The summed E-state index contributed by atoms with van der Waals surface area (Å²) in [6, 6.07) is 0. The van der Waals surface area contributed by atoms with Crippen molar-refractivity contribution in [2.45, 2.75) is 411 Å². The summed E-state index contributed by atoms with van der Waals surface area (Å²) >= 11 is 0. The molecule has 65 heavy (non-hydrogen) atoms. The summed E-state index contributed by atoms with van der Waals surface area (Å²) in [5.74, 6) is 1.10. The molecule has 0 aliphatic heterocycles. The normalized spacial score (nSPS) is 13.4. The maximum absolute atomic E-state index is 2.31. The third-order valence-electron chi connectivity index (χ3n) is 16.4. The zero-order chi connectivity index (χ0) is 46.1. The van der Waals surface area contributed by atoms with Crippen LogP contribution in [0.1, 0.15) is 411 Å². The fourth-order valence-corrected chi connectivity index (χ4v) is 11.7. The van der Waals surface area contributed by atoms with Gasteiger partial charge < -0.3 is 0 Å². The molecule has 1 rings (SSSR count). The van der Waals surface area contributed by atoms with Gasteiger partial charge in [0.15, 0.2) is 0 Å². The second-order valence-electron chi connectivity index (χ2n) is 23.1. The largest absolute Gasteiger partial charge is 0.0654 e. The van der Waals surface area contributed by atoms with Crippen molar-refractivity contribution >= 4 is 0 Å². The van der Waals surface area contributed by atoms with Crippen LogP contribution in [0, 0.1) is 5.92 Å². The van der Waals surface area contributed by atoms with E-state index in [0.29, 0.717) is 0 Å². The van der Waals surface area contributed by atoms with E-state index in [1.807, 2.05) is 0 Å². The maximum atomic E-state index is 2.31. The molecule has 0 radical (unpaired) electrons. The molecule has 390 valence electrons. The standard InChI is InChI=1S/C65H130/c1-2-3-4-5-6-7-8-9-10-11-12-13-14-15-16-17-18-19-20-21-22-23-24-25-26-27-28-29-30-31-32-33-34-35-36-37-38-39-40-41-42-43-44-45-46-47-48-49-50-51-52-53-54-55-56-57-59-62-65-63-60-58-61-64-65/h65H,2-64H2,1H3. The van der Waals surface area contributed by atoms with Crippen molar-refractivity contribution in [3.63, 3.8) is 0 Å². The van der Waals surface area contributed by atoms with Gasteiger partial charge in [-0.1, -0.05) is 411 Å². The van der Waals surface area contributed by atoms with Gasteiger partial charge in [-0.05, 0) is 5.92 Å². The minimum atomic E-state index is 1.10. The summed E-state index contributed by atoms with van der Waals surface area (Å²) in [4.78, 5) is 0. The third kappa shape index (κ3) is 54.8. The molecule has 0 heterocycles. The van der Waals surface area contributed by atoms with Crippen LogP contribution in [0.2, 0.25) is 0 Å². The van der Waals surface area contributed by atoms with E-state index < -0.39 is 0 Å². The van der Waals surface area contributed by atoms with Gasteiger partial charge in [0.1, 0.15) is 0 Å². The summed E-state index contributed by atoms with van der Waals surface area (Å²) in [7, 11) is 0. The first kappa shape index (κ1) is 63.0. The molecule has 0 unspecified atom stereocenters. The fraction of sp³-hybridized carbons (Fsp3) is 1.00. The number of unbranched alkanes of at least 4 members (excludes halogenated alkanes) is 56. The molecule has 0 heteroatoms. The van der Waals surface area contributed by atoms with Crippen molar-refractivity contribution in [1.29, 1.82) is 0 Å². The van der Waals surface area contributed by atoms with Gasteiger partial charge in [-0.25, -0.2) is 0 Å². The molecule has 1 aliphatic carbocycles. The first-order valence-corrected chi connectivity index (χ1v) is 32.4. The van der Waals surface area contributed by atoms with Gasteiger partial charge in [0, 0.05) is 0 Å². The van der Waals surface area contributed by atoms with Gasteiger partial charge >= 0.3 is 0 Å². The van der Waals surface area contributed by atoms with Crippen LogP contribution in [0.5, 0.6) is 0 Å². The SMILES string of the molecule is CCCCCCCCCCCCCCCCCCCCCCCCCCCCCCCCCCCCCCCCCCCCCCCCCCCCCCCCCCCC1CCCCC1. The van der Waals surface area contributed by atoms with Gasteiger partial charge in [0.2, 0.25) is 0 Å². The first-order valence-electron chi connectivity index (χ1n) is 32.4. The van der Waals surface area contributed by atoms with E-state index >= 15 is 0 Å². The van der Waals surface area contributed by atoms with E-state index in [9.17, 15) is 0 Å². The minimum absolute atomic E-state index is 1.10. The Labute approximate surface area is 415 Å². The van der Waals surface area contributed by atoms with Gasteiger partial charge in [-0.15, -0.1) is 0 Å². The molecule has 0 aromatic heterocycles. The number of hydrogen-bond acceptors (Lipinski definition) is 0. The van der Waals surface area contributed by atoms with Gasteiger partial charge in [0.05, 0.1) is 0 Å². The van der Waals surface area contributed by atoms with Crippen molar-refractivity contribution in [1.82, 2.24) is 0 Å². The molecule has 0 bridgehead atoms. The zero-order valence-corrected chi connectivity index (χ0v) is 46.1. The zero-order valence-electron chi connectivity index (χ0n) is 46.1. The molecule has 0 amide bonds. The average molecular weight is 912 g/mol. The van der Waals surface area contributed by atoms with Gasteiger partial charge in [-0.2, -0.15) is 0 Å². The predicted molar refractivity (Wildman–Crippen MR) is 300 cm³/mol. The van der Waals surface area contributed by atoms with E-state index in [4.69, 9.17) is 0 Å². The van der Waals surface area contributed by atoms with Gasteiger partial charge in [0.25, 0.3) is 0 Å². The minimum Gasteiger partial charge on any atom is -0.0654 e. The Morgan fingerprint density at radius 2 is 0.308 bits per heavy atom. The summed E-state index contributed by atoms with van der Waals surface area (Å²) in [5.41, 5.74) is 0. The van der Waals surface area contributed by atoms with Crippen LogP contribution in [0.25, 0.3) is 0 Å². The molecule has 0 N–H and O–H groups in total. The molecular weight excluding hydrogens is 781 g/mol. The molecule has 0 saturated heterocycles. The van der Waals surface area contributed by atoms with Crippen molar-refractivity contribution in [2.75, 3.05) is 0 Å². The van der Waals surface area contributed by atoms with Crippen LogP contribution < -0.4 is 0 Å². The Morgan fingerprint density at radius 3 is 0.462 bits per heavy atom. The molecule has 1 fully saturated rings. The van der Waals surface area contributed by atoms with Crippen LogP contribution >= 0.6 is 0 Å². The number of hydrogen-bond donors (Lipinski definition) is 0. The summed E-state index contributed by atoms with van der Waals surface area (Å²) in [6.07, 6.45) is 94.4. The molecule has 0 spiro atoms. The molecular formula is C65H130. The average Bonchev–Trinajstić information content (AvgIpc) is 3.33. The second-order valence-corrected chi connectivity index (χ2v) is 23.1. The molecule has 0 aromatic carbocycles. The Kier molecular flexibility index (Phi) is 56.5. The Morgan fingerprint density at radius 1 is 0.169 bits per heavy atom. The monoisotopic (exact) mass is 911 g/mol. The highest BCUT2D eigenvalue weighted by atomic mass is 14.2. The quantitative estimate of drug-likeness (QED) is 0.0534. The van der Waals surface area contributed by atoms with E-state index in [-0.39, 0.29) is 0 Å². The highest BCUT2D eigenvalue weighted by Crippen LogP contribution is 2.28. The van der Waals surface area contributed by atoms with E-state index in [2.05, 4.69) is 6.92 Å². The lowest BCUT2D eigenvalue weighted by Crippen LogP contribution is -2.05. The smallest absolute Gasteiger partial charge is 0.0414 e. The highest BCUT2D eigenvalue weighted by molar-refractivity contribution is 4.66. The Bertz CT molecular complexity index is 792. The van der Waals surface area contributed by atoms with E-state index in [1.165, 1.54) is 385 Å². The summed E-state index contributed by atoms with van der Waals surface area (Å²) in [5, 5.41) is 0. The van der Waals surface area contributed by atoms with E-state index in [0.717, 1.165) is 5.92 Å². The van der Waals surface area contributed by atoms with Crippen LogP contribution in [-0.4, -0.2) is 0 Å². The third-order valence-corrected chi connectivity index (χ3v) is 16.4. The molecule has 0 atom stereocenters. The first-order chi connectivity index (χ1) is 32.4. The second kappa shape index (κ2) is 58.3. The topological polar surface area (TPSA) is 0 Å². The van der Waals surface area contributed by atoms with E-state index in [1.54, 1.807) is 19.3 Å². The summed E-state index contributed by atoms with van der Waals surface area (Å²) in [6.45, 7) is 2.31. The predicted octanol–water partition coefficient (Wildman–Crippen LogP) is 25.2. The molecule has 0 nitrogen and oxygen atoms in total. The summed E-state index contributed by atoms with van der Waals surface area (Å²) < 4.78 is 0. The molecule has 1 saturated carbocycles. The maximum Gasteiger partial charge on any atom is -0.0414 e. The lowest BCUT2D eigenvalue weighted by atomic mass is 9.85. The highest BCUT2D eigenvalue weighted by Gasteiger charge is 2.12. The van der Waals surface area contributed by atoms with Crippen LogP contribution in [0.3, 0.4) is 0 Å². The van der Waals surface area contributed by atoms with Crippen molar-refractivity contribution < 1.29 is 0 Å². The Hall–Kier alpha value is 0. The number of rotatable bonds is 58. The van der Waals surface area contributed by atoms with Crippen LogP contribution in [-0.2, 0) is 0 Å². The fourth-order valence-electron chi connectivity index (χ4n) is 11.7. The van der Waals surface area contributed by atoms with Crippen molar-refractivity contribution in [2.24, 2.45) is 5.92 Å². The molecule has 1 aliphatic rings. The Balaban J connectivity index is 1.58. The lowest BCUT2D eigenvalue weighted by molar-refractivity contribution is 0.328. The van der Waals surface area contributed by atoms with Crippen LogP contribution in [0.4, 0.5) is 0 Å². The lowest BCUT2D eigenvalue weighted by Gasteiger charge is -2.21. The molecule has 0 aromatic rings.